The van der Waals surface area contributed by atoms with Gasteiger partial charge in [0.15, 0.2) is 6.61 Å². The molecule has 1 aromatic heterocycles. The van der Waals surface area contributed by atoms with Gasteiger partial charge in [0.25, 0.3) is 5.91 Å². The molecule has 0 spiro atoms. The second-order valence-electron chi connectivity index (χ2n) is 6.98. The number of ether oxygens (including phenoxy) is 2. The Morgan fingerprint density at radius 2 is 1.81 bits per heavy atom. The molecule has 1 aliphatic rings. The Labute approximate surface area is 180 Å². The first-order valence-corrected chi connectivity index (χ1v) is 11.2. The molecule has 0 saturated carbocycles. The van der Waals surface area contributed by atoms with Crippen molar-refractivity contribution in [1.82, 2.24) is 14.3 Å². The zero-order valence-electron chi connectivity index (χ0n) is 16.9. The molecule has 0 atom stereocenters. The summed E-state index contributed by atoms with van der Waals surface area (Å²) in [5.41, 5.74) is 2.36. The van der Waals surface area contributed by atoms with Gasteiger partial charge >= 0.3 is 0 Å². The van der Waals surface area contributed by atoms with Gasteiger partial charge in [-0.25, -0.2) is 18.4 Å². The Hall–Kier alpha value is -3.08. The van der Waals surface area contributed by atoms with E-state index >= 15 is 0 Å². The van der Waals surface area contributed by atoms with E-state index in [-0.39, 0.29) is 17.4 Å². The number of rotatable bonds is 6. The smallest absolute Gasteiger partial charge is 0.262 e. The van der Waals surface area contributed by atoms with Crippen LogP contribution in [0.4, 0.5) is 5.69 Å². The number of carbonyl (C=O) groups is 1. The van der Waals surface area contributed by atoms with Gasteiger partial charge in [0, 0.05) is 18.8 Å². The van der Waals surface area contributed by atoms with Crippen LogP contribution >= 0.6 is 0 Å². The van der Waals surface area contributed by atoms with Crippen LogP contribution in [0.2, 0.25) is 0 Å². The molecular formula is C21H22N4O5S. The molecule has 1 N–H and O–H groups in total. The van der Waals surface area contributed by atoms with Crippen LogP contribution in [0.3, 0.4) is 0 Å². The number of fused-ring (bicyclic) bond motifs is 1. The summed E-state index contributed by atoms with van der Waals surface area (Å²) in [6.45, 7) is 2.81. The van der Waals surface area contributed by atoms with Gasteiger partial charge in [0.2, 0.25) is 15.9 Å². The summed E-state index contributed by atoms with van der Waals surface area (Å²) in [6, 6.07) is 13.5. The summed E-state index contributed by atoms with van der Waals surface area (Å²) in [6.07, 6.45) is 0. The number of amides is 1. The number of aryl methyl sites for hydroxylation is 1. The second kappa shape index (κ2) is 8.96. The molecule has 9 nitrogen and oxygen atoms in total. The van der Waals surface area contributed by atoms with Gasteiger partial charge in [-0.1, -0.05) is 18.2 Å². The first-order valence-electron chi connectivity index (χ1n) is 9.77. The molecule has 0 unspecified atom stereocenters. The predicted molar refractivity (Wildman–Crippen MR) is 114 cm³/mol. The van der Waals surface area contributed by atoms with Crippen molar-refractivity contribution in [2.24, 2.45) is 0 Å². The SMILES string of the molecule is Cc1nc2ccccc2nc1OCC(=O)Nc1cccc(S(=O)(=O)N2CCOCC2)c1. The van der Waals surface area contributed by atoms with Crippen molar-refractivity contribution in [1.29, 1.82) is 0 Å². The highest BCUT2D eigenvalue weighted by molar-refractivity contribution is 7.89. The van der Waals surface area contributed by atoms with Crippen molar-refractivity contribution in [2.75, 3.05) is 38.2 Å². The van der Waals surface area contributed by atoms with Crippen LogP contribution in [0, 0.1) is 6.92 Å². The van der Waals surface area contributed by atoms with Crippen molar-refractivity contribution in [2.45, 2.75) is 11.8 Å². The molecule has 3 aromatic rings. The molecule has 0 radical (unpaired) electrons. The van der Waals surface area contributed by atoms with Gasteiger partial charge in [0.1, 0.15) is 5.69 Å². The van der Waals surface area contributed by atoms with E-state index in [0.29, 0.717) is 43.2 Å². The Morgan fingerprint density at radius 1 is 1.10 bits per heavy atom. The lowest BCUT2D eigenvalue weighted by Gasteiger charge is -2.26. The van der Waals surface area contributed by atoms with Gasteiger partial charge in [-0.05, 0) is 37.3 Å². The fourth-order valence-corrected chi connectivity index (χ4v) is 4.66. The minimum Gasteiger partial charge on any atom is -0.466 e. The maximum Gasteiger partial charge on any atom is 0.262 e. The summed E-state index contributed by atoms with van der Waals surface area (Å²) < 4.78 is 37.7. The number of sulfonamides is 1. The average Bonchev–Trinajstić information content (AvgIpc) is 2.78. The molecule has 31 heavy (non-hydrogen) atoms. The molecule has 4 rings (SSSR count). The molecular weight excluding hydrogens is 420 g/mol. The Kier molecular flexibility index (Phi) is 6.12. The quantitative estimate of drug-likeness (QED) is 0.621. The summed E-state index contributed by atoms with van der Waals surface area (Å²) in [4.78, 5) is 21.3. The van der Waals surface area contributed by atoms with Crippen LogP contribution in [0.1, 0.15) is 5.69 Å². The van der Waals surface area contributed by atoms with E-state index in [1.807, 2.05) is 24.3 Å². The number of nitrogens with zero attached hydrogens (tertiary/aromatic N) is 3. The molecule has 2 heterocycles. The van der Waals surface area contributed by atoms with Crippen LogP contribution in [-0.2, 0) is 19.6 Å². The predicted octanol–water partition coefficient (Wildman–Crippen LogP) is 1.98. The summed E-state index contributed by atoms with van der Waals surface area (Å²) >= 11 is 0. The van der Waals surface area contributed by atoms with Crippen LogP contribution < -0.4 is 10.1 Å². The zero-order valence-corrected chi connectivity index (χ0v) is 17.8. The van der Waals surface area contributed by atoms with Gasteiger partial charge in [-0.15, -0.1) is 0 Å². The summed E-state index contributed by atoms with van der Waals surface area (Å²) in [5.74, 6) is -0.159. The maximum atomic E-state index is 12.8. The standard InChI is InChI=1S/C21H22N4O5S/c1-15-21(24-19-8-3-2-7-18(19)22-15)30-14-20(26)23-16-5-4-6-17(13-16)31(27,28)25-9-11-29-12-10-25/h2-8,13H,9-12,14H2,1H3,(H,23,26). The summed E-state index contributed by atoms with van der Waals surface area (Å²) in [7, 11) is -3.65. The number of anilines is 1. The van der Waals surface area contributed by atoms with Crippen LogP contribution in [0.15, 0.2) is 53.4 Å². The molecule has 10 heteroatoms. The highest BCUT2D eigenvalue weighted by atomic mass is 32.2. The number of morpholine rings is 1. The highest BCUT2D eigenvalue weighted by Gasteiger charge is 2.26. The van der Waals surface area contributed by atoms with Gasteiger partial charge in [0.05, 0.1) is 29.1 Å². The third-order valence-electron chi connectivity index (χ3n) is 4.77. The monoisotopic (exact) mass is 442 g/mol. The molecule has 1 fully saturated rings. The largest absolute Gasteiger partial charge is 0.466 e. The van der Waals surface area contributed by atoms with Gasteiger partial charge in [-0.3, -0.25) is 4.79 Å². The number of benzene rings is 2. The van der Waals surface area contributed by atoms with E-state index in [1.54, 1.807) is 19.1 Å². The van der Waals surface area contributed by atoms with Crippen LogP contribution in [0.25, 0.3) is 11.0 Å². The first kappa shape index (κ1) is 21.2. The number of nitrogens with one attached hydrogen (secondary N) is 1. The van der Waals surface area contributed by atoms with E-state index in [9.17, 15) is 13.2 Å². The number of aromatic nitrogens is 2. The average molecular weight is 442 g/mol. The van der Waals surface area contributed by atoms with E-state index < -0.39 is 15.9 Å². The fraction of sp³-hybridized carbons (Fsp3) is 0.286. The lowest BCUT2D eigenvalue weighted by molar-refractivity contribution is -0.118. The van der Waals surface area contributed by atoms with E-state index in [0.717, 1.165) is 5.52 Å². The van der Waals surface area contributed by atoms with Crippen molar-refractivity contribution < 1.29 is 22.7 Å². The highest BCUT2D eigenvalue weighted by Crippen LogP contribution is 2.21. The second-order valence-corrected chi connectivity index (χ2v) is 8.92. The minimum absolute atomic E-state index is 0.115. The normalized spacial score (nSPS) is 15.0. The van der Waals surface area contributed by atoms with Crippen molar-refractivity contribution in [3.8, 4) is 5.88 Å². The number of para-hydroxylation sites is 2. The first-order chi connectivity index (χ1) is 14.9. The molecule has 2 aromatic carbocycles. The Bertz CT molecular complexity index is 1210. The molecule has 1 saturated heterocycles. The lowest BCUT2D eigenvalue weighted by atomic mass is 10.3. The lowest BCUT2D eigenvalue weighted by Crippen LogP contribution is -2.40. The van der Waals surface area contributed by atoms with Crippen molar-refractivity contribution in [3.63, 3.8) is 0 Å². The fourth-order valence-electron chi connectivity index (χ4n) is 3.21. The molecule has 0 aliphatic carbocycles. The van der Waals surface area contributed by atoms with Gasteiger partial charge in [-0.2, -0.15) is 4.31 Å². The topological polar surface area (TPSA) is 111 Å². The Morgan fingerprint density at radius 3 is 2.55 bits per heavy atom. The summed E-state index contributed by atoms with van der Waals surface area (Å²) in [5, 5.41) is 2.66. The van der Waals surface area contributed by atoms with E-state index in [4.69, 9.17) is 9.47 Å². The van der Waals surface area contributed by atoms with Crippen LogP contribution in [0.5, 0.6) is 5.88 Å². The third kappa shape index (κ3) is 4.82. The van der Waals surface area contributed by atoms with Crippen LogP contribution in [-0.4, -0.2) is 61.5 Å². The minimum atomic E-state index is -3.65. The van der Waals surface area contributed by atoms with Gasteiger partial charge < -0.3 is 14.8 Å². The molecule has 1 aliphatic heterocycles. The number of carbonyl (C=O) groups excluding carboxylic acids is 1. The number of hydrogen-bond acceptors (Lipinski definition) is 7. The molecule has 0 bridgehead atoms. The van der Waals surface area contributed by atoms with Crippen molar-refractivity contribution in [3.05, 3.63) is 54.2 Å². The Balaban J connectivity index is 1.42. The maximum absolute atomic E-state index is 12.8. The molecule has 1 amide bonds. The van der Waals surface area contributed by atoms with Crippen molar-refractivity contribution >= 4 is 32.7 Å². The zero-order chi connectivity index (χ0) is 21.8. The molecule has 162 valence electrons. The number of hydrogen-bond donors (Lipinski definition) is 1. The van der Waals surface area contributed by atoms with E-state index in [1.165, 1.54) is 16.4 Å². The third-order valence-corrected chi connectivity index (χ3v) is 6.66. The van der Waals surface area contributed by atoms with E-state index in [2.05, 4.69) is 15.3 Å².